The third kappa shape index (κ3) is 4.66. The molecule has 0 fully saturated rings. The average Bonchev–Trinajstić information content (AvgIpc) is 2.55. The molecule has 0 saturated carbocycles. The second-order valence-electron chi connectivity index (χ2n) is 4.90. The first kappa shape index (κ1) is 18.2. The van der Waals surface area contributed by atoms with Gasteiger partial charge in [-0.15, -0.1) is 0 Å². The van der Waals surface area contributed by atoms with Gasteiger partial charge in [0.15, 0.2) is 5.12 Å². The van der Waals surface area contributed by atoms with Crippen LogP contribution in [-0.4, -0.2) is 32.8 Å². The molecule has 24 heavy (non-hydrogen) atoms. The number of rotatable bonds is 6. The molecule has 7 heteroatoms. The van der Waals surface area contributed by atoms with Crippen molar-refractivity contribution in [1.82, 2.24) is 0 Å². The SMILES string of the molecule is CC(=O)SCP(c1ccc(C(=O)O)cc1)c1ccc(C(=O)O)cc1. The lowest BCUT2D eigenvalue weighted by atomic mass is 10.2. The Labute approximate surface area is 144 Å². The first-order chi connectivity index (χ1) is 11.4. The van der Waals surface area contributed by atoms with Crippen LogP contribution in [0.5, 0.6) is 0 Å². The first-order valence-electron chi connectivity index (χ1n) is 6.96. The van der Waals surface area contributed by atoms with Crippen LogP contribution < -0.4 is 10.6 Å². The number of carbonyl (C=O) groups excluding carboxylic acids is 1. The molecule has 2 aromatic carbocycles. The smallest absolute Gasteiger partial charge is 0.335 e. The molecular weight excluding hydrogens is 347 g/mol. The molecule has 0 aromatic heterocycles. The molecule has 0 unspecified atom stereocenters. The fourth-order valence-electron chi connectivity index (χ4n) is 2.02. The van der Waals surface area contributed by atoms with Gasteiger partial charge in [-0.3, -0.25) is 4.79 Å². The minimum Gasteiger partial charge on any atom is -0.478 e. The van der Waals surface area contributed by atoms with Crippen molar-refractivity contribution in [3.8, 4) is 0 Å². The van der Waals surface area contributed by atoms with Gasteiger partial charge in [0.2, 0.25) is 0 Å². The van der Waals surface area contributed by atoms with E-state index in [1.54, 1.807) is 24.3 Å². The molecule has 2 rings (SSSR count). The Morgan fingerprint density at radius 1 is 0.833 bits per heavy atom. The van der Waals surface area contributed by atoms with Gasteiger partial charge in [-0.1, -0.05) is 36.0 Å². The van der Waals surface area contributed by atoms with Crippen molar-refractivity contribution in [2.75, 3.05) is 5.49 Å². The van der Waals surface area contributed by atoms with Crippen molar-refractivity contribution in [1.29, 1.82) is 0 Å². The van der Waals surface area contributed by atoms with Crippen LogP contribution in [0.3, 0.4) is 0 Å². The Morgan fingerprint density at radius 2 is 1.21 bits per heavy atom. The van der Waals surface area contributed by atoms with Gasteiger partial charge in [0.05, 0.1) is 11.1 Å². The Hall–Kier alpha value is -2.17. The quantitative estimate of drug-likeness (QED) is 0.768. The molecule has 0 aliphatic heterocycles. The summed E-state index contributed by atoms with van der Waals surface area (Å²) in [4.78, 5) is 33.3. The van der Waals surface area contributed by atoms with Crippen molar-refractivity contribution in [3.63, 3.8) is 0 Å². The minimum atomic E-state index is -0.991. The van der Waals surface area contributed by atoms with E-state index in [4.69, 9.17) is 10.2 Å². The zero-order valence-electron chi connectivity index (χ0n) is 12.8. The minimum absolute atomic E-state index is 0.00631. The molecule has 2 aromatic rings. The normalized spacial score (nSPS) is 10.6. The Kier molecular flexibility index (Phi) is 6.12. The van der Waals surface area contributed by atoms with Gasteiger partial charge in [0, 0.05) is 12.4 Å². The highest BCUT2D eigenvalue weighted by molar-refractivity contribution is 8.18. The van der Waals surface area contributed by atoms with Crippen molar-refractivity contribution in [3.05, 3.63) is 59.7 Å². The van der Waals surface area contributed by atoms with E-state index in [1.807, 2.05) is 0 Å². The van der Waals surface area contributed by atoms with Gasteiger partial charge in [-0.25, -0.2) is 9.59 Å². The van der Waals surface area contributed by atoms with E-state index in [-0.39, 0.29) is 16.2 Å². The maximum atomic E-state index is 11.3. The summed E-state index contributed by atoms with van der Waals surface area (Å²) in [5.74, 6) is -1.98. The molecule has 0 saturated heterocycles. The molecule has 0 bridgehead atoms. The van der Waals surface area contributed by atoms with Crippen molar-refractivity contribution < 1.29 is 24.6 Å². The van der Waals surface area contributed by atoms with E-state index in [0.29, 0.717) is 5.49 Å². The summed E-state index contributed by atoms with van der Waals surface area (Å²) in [7, 11) is -0.890. The van der Waals surface area contributed by atoms with Gasteiger partial charge in [-0.05, 0) is 42.8 Å². The molecule has 0 amide bonds. The van der Waals surface area contributed by atoms with Crippen molar-refractivity contribution in [2.45, 2.75) is 6.92 Å². The summed E-state index contributed by atoms with van der Waals surface area (Å²) in [5, 5.41) is 19.9. The molecule has 124 valence electrons. The molecule has 0 atom stereocenters. The molecule has 5 nitrogen and oxygen atoms in total. The van der Waals surface area contributed by atoms with Gasteiger partial charge in [0.1, 0.15) is 0 Å². The average molecular weight is 362 g/mol. The van der Waals surface area contributed by atoms with Crippen LogP contribution in [0.25, 0.3) is 0 Å². The summed E-state index contributed by atoms with van der Waals surface area (Å²) < 4.78 is 0. The Morgan fingerprint density at radius 3 is 1.50 bits per heavy atom. The van der Waals surface area contributed by atoms with E-state index < -0.39 is 19.9 Å². The summed E-state index contributed by atoms with van der Waals surface area (Å²) >= 11 is 1.21. The van der Waals surface area contributed by atoms with Crippen LogP contribution >= 0.6 is 19.7 Å². The zero-order valence-corrected chi connectivity index (χ0v) is 14.5. The number of thioether (sulfide) groups is 1. The highest BCUT2D eigenvalue weighted by atomic mass is 32.2. The number of carboxylic acids is 2. The second kappa shape index (κ2) is 8.08. The summed E-state index contributed by atoms with van der Waals surface area (Å²) in [6, 6.07) is 13.2. The topological polar surface area (TPSA) is 91.7 Å². The number of carbonyl (C=O) groups is 3. The molecule has 0 heterocycles. The lowest BCUT2D eigenvalue weighted by Gasteiger charge is -2.18. The van der Waals surface area contributed by atoms with Gasteiger partial charge in [-0.2, -0.15) is 0 Å². The molecular formula is C17H15O5PS. The van der Waals surface area contributed by atoms with Crippen LogP contribution in [0.4, 0.5) is 0 Å². The lowest BCUT2D eigenvalue weighted by Crippen LogP contribution is -2.15. The zero-order chi connectivity index (χ0) is 17.7. The Balaban J connectivity index is 2.34. The third-order valence-electron chi connectivity index (χ3n) is 3.25. The van der Waals surface area contributed by atoms with E-state index >= 15 is 0 Å². The molecule has 0 aliphatic carbocycles. The monoisotopic (exact) mass is 362 g/mol. The van der Waals surface area contributed by atoms with Gasteiger partial charge < -0.3 is 10.2 Å². The van der Waals surface area contributed by atoms with E-state index in [2.05, 4.69) is 0 Å². The van der Waals surface area contributed by atoms with Crippen LogP contribution in [0.15, 0.2) is 48.5 Å². The summed E-state index contributed by atoms with van der Waals surface area (Å²) in [6.07, 6.45) is 0. The van der Waals surface area contributed by atoms with Gasteiger partial charge >= 0.3 is 11.9 Å². The summed E-state index contributed by atoms with van der Waals surface area (Å²) in [5.41, 5.74) is 0.965. The van der Waals surface area contributed by atoms with Crippen LogP contribution in [0.1, 0.15) is 27.6 Å². The van der Waals surface area contributed by atoms with Crippen molar-refractivity contribution >= 4 is 47.3 Å². The highest BCUT2D eigenvalue weighted by Crippen LogP contribution is 2.37. The molecule has 2 N–H and O–H groups in total. The summed E-state index contributed by atoms with van der Waals surface area (Å²) in [6.45, 7) is 1.50. The maximum Gasteiger partial charge on any atom is 0.335 e. The predicted octanol–water partition coefficient (Wildman–Crippen LogP) is 2.75. The van der Waals surface area contributed by atoms with Crippen LogP contribution in [0, 0.1) is 0 Å². The van der Waals surface area contributed by atoms with Crippen LogP contribution in [-0.2, 0) is 4.79 Å². The fraction of sp³-hybridized carbons (Fsp3) is 0.118. The van der Waals surface area contributed by atoms with Gasteiger partial charge in [0.25, 0.3) is 0 Å². The number of carboxylic acid groups (broad SMARTS) is 2. The van der Waals surface area contributed by atoms with Crippen LogP contribution in [0.2, 0.25) is 0 Å². The second-order valence-corrected chi connectivity index (χ2v) is 8.68. The standard InChI is InChI=1S/C17H15O5PS/c1-11(18)24-10-23(14-6-2-12(3-7-14)16(19)20)15-8-4-13(5-9-15)17(21)22/h2-9H,10H2,1H3,(H,19,20)(H,21,22). The molecule has 0 aliphatic rings. The highest BCUT2D eigenvalue weighted by Gasteiger charge is 2.16. The first-order valence-corrected chi connectivity index (χ1v) is 9.47. The maximum absolute atomic E-state index is 11.3. The third-order valence-corrected chi connectivity index (χ3v) is 7.05. The van der Waals surface area contributed by atoms with Crippen molar-refractivity contribution in [2.24, 2.45) is 0 Å². The molecule has 0 spiro atoms. The number of hydrogen-bond acceptors (Lipinski definition) is 4. The van der Waals surface area contributed by atoms with E-state index in [9.17, 15) is 14.4 Å². The predicted molar refractivity (Wildman–Crippen MR) is 96.1 cm³/mol. The van der Waals surface area contributed by atoms with E-state index in [1.165, 1.54) is 43.0 Å². The van der Waals surface area contributed by atoms with E-state index in [0.717, 1.165) is 10.6 Å². The molecule has 0 radical (unpaired) electrons. The number of hydrogen-bond donors (Lipinski definition) is 2. The largest absolute Gasteiger partial charge is 0.478 e. The number of aromatic carboxylic acids is 2. The Bertz CT molecular complexity index is 698. The fourth-order valence-corrected chi connectivity index (χ4v) is 5.77. The lowest BCUT2D eigenvalue weighted by molar-refractivity contribution is -0.109. The number of benzene rings is 2.